The molecule has 0 heterocycles. The molecule has 0 radical (unpaired) electrons. The minimum atomic E-state index is -3.61. The molecule has 0 spiro atoms. The number of halogens is 1. The minimum absolute atomic E-state index is 0.0740. The second-order valence-corrected chi connectivity index (χ2v) is 9.12. The van der Waals surface area contributed by atoms with E-state index in [0.717, 1.165) is 0 Å². The zero-order chi connectivity index (χ0) is 19.8. The molecule has 10 heteroatoms. The van der Waals surface area contributed by atoms with Crippen LogP contribution in [0.2, 0.25) is 0 Å². The molecular formula is C16H20ClNO6S2. The predicted molar refractivity (Wildman–Crippen MR) is 99.9 cm³/mol. The molecule has 0 aliphatic rings. The van der Waals surface area contributed by atoms with Gasteiger partial charge in [0.15, 0.2) is 0 Å². The molecule has 1 N–H and O–H groups in total. The Morgan fingerprint density at radius 2 is 1.19 bits per heavy atom. The molecule has 0 aliphatic carbocycles. The first-order valence-corrected chi connectivity index (χ1v) is 11.2. The van der Waals surface area contributed by atoms with Gasteiger partial charge in [-0.3, -0.25) is 0 Å². The van der Waals surface area contributed by atoms with Crippen LogP contribution >= 0.6 is 10.7 Å². The van der Waals surface area contributed by atoms with E-state index in [1.165, 1.54) is 50.6 Å². The Hall–Kier alpha value is -1.81. The van der Waals surface area contributed by atoms with Gasteiger partial charge in [-0.25, -0.2) is 21.6 Å². The summed E-state index contributed by atoms with van der Waals surface area (Å²) >= 11 is 0. The van der Waals surface area contributed by atoms with E-state index < -0.39 is 19.1 Å². The first-order chi connectivity index (χ1) is 12.1. The Bertz CT molecular complexity index is 895. The third-order valence-corrected chi connectivity index (χ3v) is 5.98. The van der Waals surface area contributed by atoms with Crippen LogP contribution in [0, 0.1) is 0 Å². The molecule has 2 rings (SSSR count). The zero-order valence-corrected chi connectivity index (χ0v) is 16.9. The fourth-order valence-electron chi connectivity index (χ4n) is 1.77. The van der Waals surface area contributed by atoms with Crippen molar-refractivity contribution in [3.8, 4) is 11.5 Å². The van der Waals surface area contributed by atoms with Crippen molar-refractivity contribution in [3.63, 3.8) is 0 Å². The smallest absolute Gasteiger partial charge is 0.261 e. The lowest BCUT2D eigenvalue weighted by Crippen LogP contribution is -2.22. The number of hydrogen-bond acceptors (Lipinski definition) is 6. The third kappa shape index (κ3) is 6.83. The summed E-state index contributed by atoms with van der Waals surface area (Å²) < 4.78 is 56.7. The first kappa shape index (κ1) is 22.2. The number of ether oxygens (including phenoxy) is 2. The van der Waals surface area contributed by atoms with Crippen LogP contribution < -0.4 is 14.2 Å². The van der Waals surface area contributed by atoms with Crippen LogP contribution in [0.1, 0.15) is 6.92 Å². The van der Waals surface area contributed by atoms with Gasteiger partial charge in [0.2, 0.25) is 10.0 Å². The second-order valence-electron chi connectivity index (χ2n) is 4.79. The quantitative estimate of drug-likeness (QED) is 0.720. The van der Waals surface area contributed by atoms with E-state index in [4.69, 9.17) is 20.2 Å². The highest BCUT2D eigenvalue weighted by Crippen LogP contribution is 2.18. The van der Waals surface area contributed by atoms with E-state index in [9.17, 15) is 16.8 Å². The van der Waals surface area contributed by atoms with Crippen molar-refractivity contribution in [2.45, 2.75) is 16.7 Å². The average Bonchev–Trinajstić information content (AvgIpc) is 2.61. The van der Waals surface area contributed by atoms with Crippen molar-refractivity contribution in [2.75, 3.05) is 20.8 Å². The van der Waals surface area contributed by atoms with E-state index >= 15 is 0 Å². The summed E-state index contributed by atoms with van der Waals surface area (Å²) in [7, 11) is 1.17. The summed E-state index contributed by atoms with van der Waals surface area (Å²) in [5.74, 6) is 1.24. The molecule has 0 fully saturated rings. The highest BCUT2D eigenvalue weighted by atomic mass is 35.7. The summed E-state index contributed by atoms with van der Waals surface area (Å²) in [6.07, 6.45) is 0. The zero-order valence-electron chi connectivity index (χ0n) is 14.5. The molecule has 0 unspecified atom stereocenters. The van der Waals surface area contributed by atoms with Crippen molar-refractivity contribution in [2.24, 2.45) is 0 Å². The van der Waals surface area contributed by atoms with Crippen molar-refractivity contribution in [1.82, 2.24) is 4.72 Å². The van der Waals surface area contributed by atoms with Crippen LogP contribution in [0.25, 0.3) is 0 Å². The molecule has 0 bridgehead atoms. The van der Waals surface area contributed by atoms with Crippen molar-refractivity contribution in [1.29, 1.82) is 0 Å². The molecule has 0 amide bonds. The normalized spacial score (nSPS) is 11.2. The lowest BCUT2D eigenvalue weighted by molar-refractivity contribution is 0.414. The summed E-state index contributed by atoms with van der Waals surface area (Å²) in [6.45, 7) is 2.12. The fourth-order valence-corrected chi connectivity index (χ4v) is 3.58. The number of nitrogens with one attached hydrogen (secondary N) is 1. The first-order valence-electron chi connectivity index (χ1n) is 7.36. The van der Waals surface area contributed by atoms with Gasteiger partial charge in [0.25, 0.3) is 9.05 Å². The molecule has 0 atom stereocenters. The summed E-state index contributed by atoms with van der Waals surface area (Å²) in [4.78, 5) is 0.324. The SMILES string of the molecule is CCNS(=O)(=O)c1ccc(OC)cc1.COc1ccc(S(=O)(=O)Cl)cc1. The lowest BCUT2D eigenvalue weighted by atomic mass is 10.3. The molecule has 26 heavy (non-hydrogen) atoms. The summed E-state index contributed by atoms with van der Waals surface area (Å²) in [6, 6.07) is 12.1. The average molecular weight is 422 g/mol. The number of benzene rings is 2. The van der Waals surface area contributed by atoms with Gasteiger partial charge in [-0.1, -0.05) is 6.92 Å². The third-order valence-electron chi connectivity index (χ3n) is 3.05. The predicted octanol–water partition coefficient (Wildman–Crippen LogP) is 2.62. The highest BCUT2D eigenvalue weighted by Gasteiger charge is 2.11. The standard InChI is InChI=1S/C9H13NO3S.C7H7ClO3S/c1-3-10-14(11,12)9-6-4-8(13-2)5-7-9;1-11-6-2-4-7(5-3-6)12(8,9)10/h4-7,10H,3H2,1-2H3;2-5H,1H3. The van der Waals surface area contributed by atoms with Crippen LogP contribution in [0.15, 0.2) is 58.3 Å². The van der Waals surface area contributed by atoms with E-state index in [0.29, 0.717) is 18.0 Å². The van der Waals surface area contributed by atoms with Gasteiger partial charge in [-0.15, -0.1) is 0 Å². The molecular weight excluding hydrogens is 402 g/mol. The van der Waals surface area contributed by atoms with Crippen LogP contribution in [-0.2, 0) is 19.1 Å². The number of rotatable bonds is 6. The van der Waals surface area contributed by atoms with E-state index in [-0.39, 0.29) is 9.79 Å². The maximum Gasteiger partial charge on any atom is 0.261 e. The van der Waals surface area contributed by atoms with Crippen molar-refractivity contribution >= 4 is 29.8 Å². The number of sulfonamides is 1. The molecule has 0 saturated heterocycles. The summed E-state index contributed by atoms with van der Waals surface area (Å²) in [5.41, 5.74) is 0. The van der Waals surface area contributed by atoms with Crippen LogP contribution in [0.4, 0.5) is 0 Å². The van der Waals surface area contributed by atoms with E-state index in [1.54, 1.807) is 19.1 Å². The van der Waals surface area contributed by atoms with Crippen LogP contribution in [0.3, 0.4) is 0 Å². The maximum absolute atomic E-state index is 11.5. The second kappa shape index (κ2) is 9.77. The van der Waals surface area contributed by atoms with Gasteiger partial charge in [-0.2, -0.15) is 0 Å². The van der Waals surface area contributed by atoms with Crippen LogP contribution in [-0.4, -0.2) is 37.6 Å². The van der Waals surface area contributed by atoms with Crippen molar-refractivity contribution in [3.05, 3.63) is 48.5 Å². The topological polar surface area (TPSA) is 98.8 Å². The Balaban J connectivity index is 0.000000263. The molecule has 0 saturated carbocycles. The van der Waals surface area contributed by atoms with Crippen molar-refractivity contribution < 1.29 is 26.3 Å². The Morgan fingerprint density at radius 3 is 1.50 bits per heavy atom. The maximum atomic E-state index is 11.5. The van der Waals surface area contributed by atoms with Gasteiger partial charge >= 0.3 is 0 Å². The number of hydrogen-bond donors (Lipinski definition) is 1. The molecule has 2 aromatic carbocycles. The lowest BCUT2D eigenvalue weighted by Gasteiger charge is -2.04. The highest BCUT2D eigenvalue weighted by molar-refractivity contribution is 8.13. The molecule has 7 nitrogen and oxygen atoms in total. The Labute approximate surface area is 158 Å². The molecule has 144 valence electrons. The molecule has 2 aromatic rings. The molecule has 0 aromatic heterocycles. The largest absolute Gasteiger partial charge is 0.497 e. The van der Waals surface area contributed by atoms with E-state index in [2.05, 4.69) is 4.72 Å². The minimum Gasteiger partial charge on any atom is -0.497 e. The monoisotopic (exact) mass is 421 g/mol. The van der Waals surface area contributed by atoms with Gasteiger partial charge in [0.1, 0.15) is 11.5 Å². The number of methoxy groups -OCH3 is 2. The van der Waals surface area contributed by atoms with Gasteiger partial charge in [0.05, 0.1) is 24.0 Å². The van der Waals surface area contributed by atoms with Crippen LogP contribution in [0.5, 0.6) is 11.5 Å². The summed E-state index contributed by atoms with van der Waals surface area (Å²) in [5, 5.41) is 0. The Morgan fingerprint density at radius 1 is 0.808 bits per heavy atom. The fraction of sp³-hybridized carbons (Fsp3) is 0.250. The van der Waals surface area contributed by atoms with Gasteiger partial charge in [-0.05, 0) is 48.5 Å². The van der Waals surface area contributed by atoms with Gasteiger partial charge < -0.3 is 9.47 Å². The Kier molecular flexibility index (Phi) is 8.35. The van der Waals surface area contributed by atoms with Gasteiger partial charge in [0, 0.05) is 17.2 Å². The molecule has 0 aliphatic heterocycles. The van der Waals surface area contributed by atoms with E-state index in [1.807, 2.05) is 0 Å².